The molecule has 1 amide bonds. The van der Waals surface area contributed by atoms with Crippen molar-refractivity contribution in [2.24, 2.45) is 5.16 Å². The zero-order chi connectivity index (χ0) is 15.3. The molecule has 0 aromatic heterocycles. The number of carbonyl (C=O) groups excluding carboxylic acids is 1. The molecular formula is C14H19FN2O3. The van der Waals surface area contributed by atoms with Crippen LogP contribution in [0.2, 0.25) is 0 Å². The van der Waals surface area contributed by atoms with Gasteiger partial charge in [-0.3, -0.25) is 0 Å². The quantitative estimate of drug-likeness (QED) is 0.509. The number of aryl methyl sites for hydroxylation is 1. The van der Waals surface area contributed by atoms with E-state index in [2.05, 4.69) is 10.5 Å². The lowest BCUT2D eigenvalue weighted by Crippen LogP contribution is -2.35. The summed E-state index contributed by atoms with van der Waals surface area (Å²) in [6.45, 7) is 6.83. The Bertz CT molecular complexity index is 522. The number of carbonyl (C=O) groups is 1. The molecule has 0 aliphatic carbocycles. The molecule has 5 nitrogen and oxygen atoms in total. The van der Waals surface area contributed by atoms with Gasteiger partial charge in [-0.25, -0.2) is 9.18 Å². The average molecular weight is 282 g/mol. The minimum absolute atomic E-state index is 0.0174. The van der Waals surface area contributed by atoms with E-state index in [1.165, 1.54) is 12.1 Å². The number of halogens is 1. The third-order valence-corrected chi connectivity index (χ3v) is 2.41. The highest BCUT2D eigenvalue weighted by Gasteiger charge is 2.16. The van der Waals surface area contributed by atoms with Gasteiger partial charge in [-0.1, -0.05) is 11.2 Å². The summed E-state index contributed by atoms with van der Waals surface area (Å²) < 4.78 is 18.2. The number of rotatable bonds is 3. The van der Waals surface area contributed by atoms with Gasteiger partial charge in [0.05, 0.1) is 6.54 Å². The summed E-state index contributed by atoms with van der Waals surface area (Å²) in [5.74, 6) is -0.342. The summed E-state index contributed by atoms with van der Waals surface area (Å²) in [6.07, 6.45) is -0.613. The zero-order valence-corrected chi connectivity index (χ0v) is 12.0. The van der Waals surface area contributed by atoms with Crippen LogP contribution in [0.5, 0.6) is 0 Å². The molecule has 20 heavy (non-hydrogen) atoms. The SMILES string of the molecule is Cc1cc(/C(CNC(=O)OC(C)(C)C)=N\O)ccc1F. The summed E-state index contributed by atoms with van der Waals surface area (Å²) in [7, 11) is 0. The first kappa shape index (κ1) is 15.9. The minimum Gasteiger partial charge on any atom is -0.444 e. The molecule has 1 aromatic carbocycles. The van der Waals surface area contributed by atoms with Crippen molar-refractivity contribution in [1.82, 2.24) is 5.32 Å². The van der Waals surface area contributed by atoms with Crippen LogP contribution in [0.15, 0.2) is 23.4 Å². The molecule has 6 heteroatoms. The molecule has 0 aliphatic heterocycles. The Balaban J connectivity index is 2.69. The second kappa shape index (κ2) is 6.36. The Morgan fingerprint density at radius 3 is 2.60 bits per heavy atom. The van der Waals surface area contributed by atoms with E-state index in [4.69, 9.17) is 9.94 Å². The molecule has 0 radical (unpaired) electrons. The van der Waals surface area contributed by atoms with Crippen LogP contribution in [0.3, 0.4) is 0 Å². The first-order valence-electron chi connectivity index (χ1n) is 6.17. The summed E-state index contributed by atoms with van der Waals surface area (Å²) in [5.41, 5.74) is 0.579. The monoisotopic (exact) mass is 282 g/mol. The van der Waals surface area contributed by atoms with Gasteiger partial charge < -0.3 is 15.3 Å². The number of amides is 1. The van der Waals surface area contributed by atoms with Crippen molar-refractivity contribution in [2.75, 3.05) is 6.54 Å². The summed E-state index contributed by atoms with van der Waals surface area (Å²) in [5, 5.41) is 14.6. The lowest BCUT2D eigenvalue weighted by atomic mass is 10.1. The number of nitrogens with zero attached hydrogens (tertiary/aromatic N) is 1. The van der Waals surface area contributed by atoms with Crippen LogP contribution in [-0.4, -0.2) is 29.2 Å². The second-order valence-corrected chi connectivity index (χ2v) is 5.37. The van der Waals surface area contributed by atoms with E-state index < -0.39 is 11.7 Å². The van der Waals surface area contributed by atoms with Crippen molar-refractivity contribution in [1.29, 1.82) is 0 Å². The molecular weight excluding hydrogens is 263 g/mol. The van der Waals surface area contributed by atoms with Crippen LogP contribution < -0.4 is 5.32 Å². The molecule has 2 N–H and O–H groups in total. The van der Waals surface area contributed by atoms with Crippen LogP contribution in [0.1, 0.15) is 31.9 Å². The number of alkyl carbamates (subject to hydrolysis) is 1. The molecule has 0 spiro atoms. The Hall–Kier alpha value is -2.11. The van der Waals surface area contributed by atoms with Gasteiger partial charge in [-0.05, 0) is 45.4 Å². The third kappa shape index (κ3) is 4.87. The van der Waals surface area contributed by atoms with Gasteiger partial charge in [0.1, 0.15) is 17.1 Å². The number of hydrogen-bond donors (Lipinski definition) is 2. The van der Waals surface area contributed by atoms with Crippen LogP contribution in [0, 0.1) is 12.7 Å². The smallest absolute Gasteiger partial charge is 0.407 e. The van der Waals surface area contributed by atoms with E-state index in [0.717, 1.165) is 0 Å². The van der Waals surface area contributed by atoms with E-state index in [9.17, 15) is 9.18 Å². The van der Waals surface area contributed by atoms with Gasteiger partial charge in [-0.15, -0.1) is 0 Å². The summed E-state index contributed by atoms with van der Waals surface area (Å²) in [4.78, 5) is 11.5. The molecule has 0 heterocycles. The molecule has 0 unspecified atom stereocenters. The van der Waals surface area contributed by atoms with Crippen molar-refractivity contribution in [2.45, 2.75) is 33.3 Å². The predicted octanol–water partition coefficient (Wildman–Crippen LogP) is 2.84. The first-order valence-corrected chi connectivity index (χ1v) is 6.17. The van der Waals surface area contributed by atoms with Crippen molar-refractivity contribution in [3.05, 3.63) is 35.1 Å². The average Bonchev–Trinajstić information content (AvgIpc) is 2.32. The second-order valence-electron chi connectivity index (χ2n) is 5.37. The van der Waals surface area contributed by atoms with Crippen molar-refractivity contribution >= 4 is 11.8 Å². The van der Waals surface area contributed by atoms with Gasteiger partial charge in [0.2, 0.25) is 0 Å². The van der Waals surface area contributed by atoms with Crippen LogP contribution in [0.25, 0.3) is 0 Å². The molecule has 1 aromatic rings. The Morgan fingerprint density at radius 1 is 1.45 bits per heavy atom. The van der Waals surface area contributed by atoms with E-state index in [1.54, 1.807) is 33.8 Å². The van der Waals surface area contributed by atoms with Gasteiger partial charge in [0.15, 0.2) is 0 Å². The molecule has 0 saturated heterocycles. The van der Waals surface area contributed by atoms with Crippen LogP contribution >= 0.6 is 0 Å². The normalized spacial score (nSPS) is 12.2. The Kier molecular flexibility index (Phi) is 5.07. The Labute approximate surface area is 117 Å². The van der Waals surface area contributed by atoms with E-state index in [0.29, 0.717) is 11.1 Å². The first-order chi connectivity index (χ1) is 9.23. The van der Waals surface area contributed by atoms with E-state index in [1.807, 2.05) is 0 Å². The maximum Gasteiger partial charge on any atom is 0.407 e. The van der Waals surface area contributed by atoms with Crippen LogP contribution in [-0.2, 0) is 4.74 Å². The molecule has 110 valence electrons. The number of benzene rings is 1. The highest BCUT2D eigenvalue weighted by Crippen LogP contribution is 2.10. The lowest BCUT2D eigenvalue weighted by molar-refractivity contribution is 0.0536. The summed E-state index contributed by atoms with van der Waals surface area (Å²) >= 11 is 0. The highest BCUT2D eigenvalue weighted by molar-refractivity contribution is 6.02. The number of hydrogen-bond acceptors (Lipinski definition) is 4. The fourth-order valence-electron chi connectivity index (χ4n) is 1.49. The fraction of sp³-hybridized carbons (Fsp3) is 0.429. The third-order valence-electron chi connectivity index (χ3n) is 2.41. The molecule has 1 rings (SSSR count). The molecule has 0 bridgehead atoms. The molecule has 0 atom stereocenters. The van der Waals surface area contributed by atoms with Crippen LogP contribution in [0.4, 0.5) is 9.18 Å². The van der Waals surface area contributed by atoms with Crippen molar-refractivity contribution < 1.29 is 19.1 Å². The Morgan fingerprint density at radius 2 is 2.10 bits per heavy atom. The molecule has 0 saturated carbocycles. The fourth-order valence-corrected chi connectivity index (χ4v) is 1.49. The maximum absolute atomic E-state index is 13.2. The topological polar surface area (TPSA) is 70.9 Å². The molecule has 0 aliphatic rings. The minimum atomic E-state index is -0.613. The standard InChI is InChI=1S/C14H19FN2O3/c1-9-7-10(5-6-11(9)15)12(17-19)8-16-13(18)20-14(2,3)4/h5-7,19H,8H2,1-4H3,(H,16,18)/b17-12-. The number of nitrogens with one attached hydrogen (secondary N) is 1. The van der Waals surface area contributed by atoms with Gasteiger partial charge in [-0.2, -0.15) is 0 Å². The van der Waals surface area contributed by atoms with Gasteiger partial charge in [0, 0.05) is 5.56 Å². The van der Waals surface area contributed by atoms with Crippen molar-refractivity contribution in [3.8, 4) is 0 Å². The highest BCUT2D eigenvalue weighted by atomic mass is 19.1. The van der Waals surface area contributed by atoms with E-state index in [-0.39, 0.29) is 18.1 Å². The van der Waals surface area contributed by atoms with E-state index >= 15 is 0 Å². The molecule has 0 fully saturated rings. The van der Waals surface area contributed by atoms with Gasteiger partial charge >= 0.3 is 6.09 Å². The number of ether oxygens (including phenoxy) is 1. The zero-order valence-electron chi connectivity index (χ0n) is 12.0. The maximum atomic E-state index is 13.2. The largest absolute Gasteiger partial charge is 0.444 e. The van der Waals surface area contributed by atoms with Gasteiger partial charge in [0.25, 0.3) is 0 Å². The number of oxime groups is 1. The summed E-state index contributed by atoms with van der Waals surface area (Å²) in [6, 6.07) is 4.30. The lowest BCUT2D eigenvalue weighted by Gasteiger charge is -2.19. The predicted molar refractivity (Wildman–Crippen MR) is 73.7 cm³/mol. The van der Waals surface area contributed by atoms with Crippen molar-refractivity contribution in [3.63, 3.8) is 0 Å².